The molecule has 0 saturated carbocycles. The molecule has 3 nitrogen and oxygen atoms in total. The summed E-state index contributed by atoms with van der Waals surface area (Å²) < 4.78 is 39.3. The molecule has 1 unspecified atom stereocenters. The molecule has 0 aliphatic carbocycles. The van der Waals surface area contributed by atoms with Gasteiger partial charge in [-0.05, 0) is 24.6 Å². The Bertz CT molecular complexity index is 610. The molecule has 1 aromatic carbocycles. The number of nitrogens with zero attached hydrogens (tertiary/aromatic N) is 2. The van der Waals surface area contributed by atoms with Crippen LogP contribution in [-0.2, 0) is 12.7 Å². The maximum Gasteiger partial charge on any atom is 0.416 e. The number of rotatable bonds is 3. The van der Waals surface area contributed by atoms with E-state index in [2.05, 4.69) is 5.10 Å². The molecule has 1 atom stereocenters. The van der Waals surface area contributed by atoms with Crippen LogP contribution >= 0.6 is 11.6 Å². The highest BCUT2D eigenvalue weighted by Crippen LogP contribution is 2.31. The fourth-order valence-electron chi connectivity index (χ4n) is 1.80. The fraction of sp³-hybridized carbons (Fsp3) is 0.308. The maximum atomic E-state index is 12.6. The largest absolute Gasteiger partial charge is 0.416 e. The van der Waals surface area contributed by atoms with Crippen molar-refractivity contribution in [3.63, 3.8) is 0 Å². The van der Waals surface area contributed by atoms with E-state index in [0.717, 1.165) is 12.1 Å². The van der Waals surface area contributed by atoms with Gasteiger partial charge >= 0.3 is 6.18 Å². The zero-order chi connectivity index (χ0) is 14.9. The van der Waals surface area contributed by atoms with Gasteiger partial charge in [0.1, 0.15) is 0 Å². The Morgan fingerprint density at radius 3 is 2.65 bits per heavy atom. The average molecular weight is 305 g/mol. The van der Waals surface area contributed by atoms with Crippen LogP contribution in [0.4, 0.5) is 13.2 Å². The van der Waals surface area contributed by atoms with E-state index in [1.54, 1.807) is 6.92 Å². The topological polar surface area (TPSA) is 38.0 Å². The fourth-order valence-corrected chi connectivity index (χ4v) is 1.94. The monoisotopic (exact) mass is 304 g/mol. The van der Waals surface area contributed by atoms with E-state index in [4.69, 9.17) is 11.6 Å². The number of hydrogen-bond acceptors (Lipinski definition) is 2. The van der Waals surface area contributed by atoms with Gasteiger partial charge < -0.3 is 5.11 Å². The highest BCUT2D eigenvalue weighted by Gasteiger charge is 2.30. The summed E-state index contributed by atoms with van der Waals surface area (Å²) in [6.07, 6.45) is -4.09. The molecule has 0 fully saturated rings. The molecule has 1 aromatic heterocycles. The lowest BCUT2D eigenvalue weighted by molar-refractivity contribution is -0.137. The van der Waals surface area contributed by atoms with Crippen LogP contribution in [0.5, 0.6) is 0 Å². The molecule has 7 heteroatoms. The van der Waals surface area contributed by atoms with Gasteiger partial charge in [-0.1, -0.05) is 23.7 Å². The number of benzene rings is 1. The van der Waals surface area contributed by atoms with Crippen LogP contribution in [0.2, 0.25) is 5.02 Å². The Morgan fingerprint density at radius 2 is 2.10 bits per heavy atom. The van der Waals surface area contributed by atoms with Gasteiger partial charge in [0.2, 0.25) is 0 Å². The Morgan fingerprint density at radius 1 is 1.40 bits per heavy atom. The molecule has 0 bridgehead atoms. The standard InChI is InChI=1S/C13H12ClF3N2O/c1-8-11(14)6-18-19(8)7-12(20)9-3-2-4-10(5-9)13(15,16)17/h2-6,12,20H,7H2,1H3. The van der Waals surface area contributed by atoms with Gasteiger partial charge in [-0.2, -0.15) is 18.3 Å². The summed E-state index contributed by atoms with van der Waals surface area (Å²) in [5, 5.41) is 14.4. The second-order valence-corrected chi connectivity index (χ2v) is 4.81. The molecule has 1 N–H and O–H groups in total. The predicted molar refractivity (Wildman–Crippen MR) is 68.4 cm³/mol. The molecule has 1 heterocycles. The molecule has 108 valence electrons. The lowest BCUT2D eigenvalue weighted by Gasteiger charge is -2.14. The second kappa shape index (κ2) is 5.46. The highest BCUT2D eigenvalue weighted by molar-refractivity contribution is 6.31. The van der Waals surface area contributed by atoms with Gasteiger partial charge in [-0.15, -0.1) is 0 Å². The third kappa shape index (κ3) is 3.13. The van der Waals surface area contributed by atoms with Crippen molar-refractivity contribution in [2.24, 2.45) is 0 Å². The molecular weight excluding hydrogens is 293 g/mol. The average Bonchev–Trinajstić information content (AvgIpc) is 2.70. The lowest BCUT2D eigenvalue weighted by atomic mass is 10.1. The van der Waals surface area contributed by atoms with Crippen molar-refractivity contribution in [2.45, 2.75) is 25.7 Å². The molecule has 20 heavy (non-hydrogen) atoms. The number of aliphatic hydroxyl groups is 1. The Balaban J connectivity index is 2.21. The van der Waals surface area contributed by atoms with Crippen LogP contribution in [0.1, 0.15) is 22.9 Å². The normalized spacial score (nSPS) is 13.5. The number of aliphatic hydroxyl groups excluding tert-OH is 1. The third-order valence-corrected chi connectivity index (χ3v) is 3.36. The van der Waals surface area contributed by atoms with Crippen LogP contribution < -0.4 is 0 Å². The first-order chi connectivity index (χ1) is 9.29. The Kier molecular flexibility index (Phi) is 4.06. The van der Waals surface area contributed by atoms with E-state index in [-0.39, 0.29) is 12.1 Å². The minimum atomic E-state index is -4.43. The van der Waals surface area contributed by atoms with Gasteiger partial charge in [-0.3, -0.25) is 4.68 Å². The van der Waals surface area contributed by atoms with Crippen molar-refractivity contribution in [2.75, 3.05) is 0 Å². The van der Waals surface area contributed by atoms with Crippen molar-refractivity contribution >= 4 is 11.6 Å². The van der Waals surface area contributed by atoms with Crippen molar-refractivity contribution < 1.29 is 18.3 Å². The predicted octanol–water partition coefficient (Wildman–Crippen LogP) is 3.60. The first-order valence-corrected chi connectivity index (χ1v) is 6.20. The van der Waals surface area contributed by atoms with E-state index >= 15 is 0 Å². The first-order valence-electron chi connectivity index (χ1n) is 5.82. The van der Waals surface area contributed by atoms with Crippen molar-refractivity contribution in [3.8, 4) is 0 Å². The zero-order valence-corrected chi connectivity index (χ0v) is 11.3. The maximum absolute atomic E-state index is 12.6. The van der Waals surface area contributed by atoms with Gasteiger partial charge in [0.05, 0.1) is 35.1 Å². The molecule has 0 saturated heterocycles. The molecule has 2 aromatic rings. The van der Waals surface area contributed by atoms with E-state index in [1.807, 2.05) is 0 Å². The molecule has 0 amide bonds. The smallest absolute Gasteiger partial charge is 0.386 e. The van der Waals surface area contributed by atoms with Gasteiger partial charge in [0, 0.05) is 0 Å². The van der Waals surface area contributed by atoms with Gasteiger partial charge in [0.15, 0.2) is 0 Å². The number of hydrogen-bond donors (Lipinski definition) is 1. The SMILES string of the molecule is Cc1c(Cl)cnn1CC(O)c1cccc(C(F)(F)F)c1. The van der Waals surface area contributed by atoms with Crippen LogP contribution in [0.3, 0.4) is 0 Å². The summed E-state index contributed by atoms with van der Waals surface area (Å²) in [5.41, 5.74) is 0.0489. The quantitative estimate of drug-likeness (QED) is 0.941. The van der Waals surface area contributed by atoms with Crippen LogP contribution in [0, 0.1) is 6.92 Å². The molecule has 2 rings (SSSR count). The summed E-state index contributed by atoms with van der Waals surface area (Å²) in [6, 6.07) is 4.61. The van der Waals surface area contributed by atoms with Crippen LogP contribution in [0.25, 0.3) is 0 Å². The minimum absolute atomic E-state index is 0.0415. The van der Waals surface area contributed by atoms with Gasteiger partial charge in [-0.25, -0.2) is 0 Å². The van der Waals surface area contributed by atoms with Crippen molar-refractivity contribution in [3.05, 3.63) is 52.3 Å². The summed E-state index contributed by atoms with van der Waals surface area (Å²) in [4.78, 5) is 0. The van der Waals surface area contributed by atoms with E-state index < -0.39 is 17.8 Å². The third-order valence-electron chi connectivity index (χ3n) is 2.99. The minimum Gasteiger partial charge on any atom is -0.386 e. The molecule has 0 radical (unpaired) electrons. The lowest BCUT2D eigenvalue weighted by Crippen LogP contribution is -2.12. The summed E-state index contributed by atoms with van der Waals surface area (Å²) >= 11 is 5.83. The number of aromatic nitrogens is 2. The van der Waals surface area contributed by atoms with Crippen LogP contribution in [-0.4, -0.2) is 14.9 Å². The number of alkyl halides is 3. The van der Waals surface area contributed by atoms with Crippen LogP contribution in [0.15, 0.2) is 30.5 Å². The Labute approximate surface area is 118 Å². The molecular formula is C13H12ClF3N2O. The van der Waals surface area contributed by atoms with Crippen molar-refractivity contribution in [1.29, 1.82) is 0 Å². The Hall–Kier alpha value is -1.53. The second-order valence-electron chi connectivity index (χ2n) is 4.40. The van der Waals surface area contributed by atoms with E-state index in [9.17, 15) is 18.3 Å². The first kappa shape index (κ1) is 14.9. The number of halogens is 4. The van der Waals surface area contributed by atoms with Crippen molar-refractivity contribution in [1.82, 2.24) is 9.78 Å². The molecule has 0 aliphatic heterocycles. The highest BCUT2D eigenvalue weighted by atomic mass is 35.5. The van der Waals surface area contributed by atoms with E-state index in [1.165, 1.54) is 23.0 Å². The zero-order valence-electron chi connectivity index (χ0n) is 10.5. The summed E-state index contributed by atoms with van der Waals surface area (Å²) in [7, 11) is 0. The van der Waals surface area contributed by atoms with Gasteiger partial charge in [0.25, 0.3) is 0 Å². The summed E-state index contributed by atoms with van der Waals surface area (Å²) in [6.45, 7) is 1.76. The molecule has 0 aliphatic rings. The molecule has 0 spiro atoms. The van der Waals surface area contributed by atoms with E-state index in [0.29, 0.717) is 10.7 Å². The summed E-state index contributed by atoms with van der Waals surface area (Å²) in [5.74, 6) is 0.